The normalized spacial score (nSPS) is 44.0. The highest BCUT2D eigenvalue weighted by molar-refractivity contribution is 5.66. The van der Waals surface area contributed by atoms with E-state index in [0.29, 0.717) is 35.8 Å². The lowest BCUT2D eigenvalue weighted by molar-refractivity contribution is -0.943. The number of rotatable bonds is 4. The van der Waals surface area contributed by atoms with Gasteiger partial charge in [-0.25, -0.2) is 0 Å². The molecule has 232 valence electrons. The summed E-state index contributed by atoms with van der Waals surface area (Å²) in [6.07, 6.45) is 12.2. The number of hydrogen-bond donors (Lipinski definition) is 0. The third-order valence-electron chi connectivity index (χ3n) is 12.7. The molecule has 4 saturated carbocycles. The number of quaternary nitrogens is 2. The fourth-order valence-corrected chi connectivity index (χ4v) is 11.5. The first-order valence-corrected chi connectivity index (χ1v) is 15.7. The van der Waals surface area contributed by atoms with Crippen LogP contribution < -0.4 is 48.0 Å². The van der Waals surface area contributed by atoms with Crippen molar-refractivity contribution in [1.29, 1.82) is 0 Å². The minimum atomic E-state index is -0.131. The topological polar surface area (TPSA) is 52.6 Å². The zero-order valence-electron chi connectivity index (χ0n) is 26.4. The molecule has 4 aliphatic carbocycles. The molecule has 0 bridgehead atoms. The van der Waals surface area contributed by atoms with Gasteiger partial charge in [-0.15, -0.1) is 0 Å². The number of piperidine rings is 1. The highest BCUT2D eigenvalue weighted by atomic mass is 127. The SMILES string of the molecule is CC(=O)O[C@H]1CC2C3CC[C@H]4C[C@H](OC(C)=O)[C@@H]([N+]5(C)CCCCC5)C[C@]4(C)C3CC[C@]2(C)[C@H]1[N+](C)(C)C.[I-].[I-]. The smallest absolute Gasteiger partial charge is 0.303 e. The maximum Gasteiger partial charge on any atom is 0.303 e. The van der Waals surface area contributed by atoms with Crippen LogP contribution >= 0.6 is 0 Å². The van der Waals surface area contributed by atoms with Crippen molar-refractivity contribution in [3.05, 3.63) is 0 Å². The minimum absolute atomic E-state index is 0. The Morgan fingerprint density at radius 1 is 0.800 bits per heavy atom. The van der Waals surface area contributed by atoms with Gasteiger partial charge in [-0.3, -0.25) is 9.59 Å². The average Bonchev–Trinajstić information content (AvgIpc) is 3.10. The molecular formula is C32H56I2N2O4. The molecule has 0 amide bonds. The van der Waals surface area contributed by atoms with Gasteiger partial charge in [-0.05, 0) is 86.9 Å². The summed E-state index contributed by atoms with van der Waals surface area (Å²) in [4.78, 5) is 24.4. The van der Waals surface area contributed by atoms with Crippen LogP contribution in [0.2, 0.25) is 0 Å². The van der Waals surface area contributed by atoms with Crippen molar-refractivity contribution in [2.75, 3.05) is 41.3 Å². The second-order valence-corrected chi connectivity index (χ2v) is 15.8. The fraction of sp³-hybridized carbons (Fsp3) is 0.938. The van der Waals surface area contributed by atoms with Gasteiger partial charge < -0.3 is 66.4 Å². The third kappa shape index (κ3) is 6.00. The van der Waals surface area contributed by atoms with Crippen molar-refractivity contribution in [3.8, 4) is 0 Å². The summed E-state index contributed by atoms with van der Waals surface area (Å²) in [5.74, 6) is 2.40. The van der Waals surface area contributed by atoms with Gasteiger partial charge >= 0.3 is 11.9 Å². The zero-order valence-corrected chi connectivity index (χ0v) is 30.7. The number of esters is 2. The van der Waals surface area contributed by atoms with Crippen molar-refractivity contribution in [1.82, 2.24) is 0 Å². The zero-order chi connectivity index (χ0) is 27.7. The molecule has 5 fully saturated rings. The molecule has 0 radical (unpaired) electrons. The van der Waals surface area contributed by atoms with Crippen molar-refractivity contribution >= 4 is 11.9 Å². The number of nitrogens with zero attached hydrogens (tertiary/aromatic N) is 2. The molecule has 5 aliphatic rings. The number of likely N-dealkylation sites (tertiary alicyclic amines) is 1. The molecular weight excluding hydrogens is 730 g/mol. The van der Waals surface area contributed by atoms with Crippen molar-refractivity contribution in [3.63, 3.8) is 0 Å². The van der Waals surface area contributed by atoms with E-state index < -0.39 is 0 Å². The fourth-order valence-electron chi connectivity index (χ4n) is 11.5. The summed E-state index contributed by atoms with van der Waals surface area (Å²) < 4.78 is 14.1. The predicted octanol–water partition coefficient (Wildman–Crippen LogP) is -0.806. The van der Waals surface area contributed by atoms with E-state index in [1.54, 1.807) is 13.8 Å². The number of hydrogen-bond acceptors (Lipinski definition) is 4. The monoisotopic (exact) mass is 786 g/mol. The lowest BCUT2D eigenvalue weighted by atomic mass is 9.44. The minimum Gasteiger partial charge on any atom is -1.00 e. The molecule has 10 atom stereocenters. The van der Waals surface area contributed by atoms with Crippen molar-refractivity contribution < 1.29 is 76.0 Å². The van der Waals surface area contributed by atoms with E-state index in [1.165, 1.54) is 64.5 Å². The van der Waals surface area contributed by atoms with Crippen LogP contribution in [-0.4, -0.2) is 86.5 Å². The molecule has 1 aliphatic heterocycles. The molecule has 1 heterocycles. The van der Waals surface area contributed by atoms with Gasteiger partial charge in [0, 0.05) is 25.7 Å². The average molecular weight is 787 g/mol. The molecule has 6 nitrogen and oxygen atoms in total. The van der Waals surface area contributed by atoms with Crippen LogP contribution in [0.4, 0.5) is 0 Å². The Bertz CT molecular complexity index is 934. The third-order valence-corrected chi connectivity index (χ3v) is 12.7. The van der Waals surface area contributed by atoms with Crippen LogP contribution in [0.3, 0.4) is 0 Å². The lowest BCUT2D eigenvalue weighted by Crippen LogP contribution is -3.00. The van der Waals surface area contributed by atoms with Gasteiger partial charge in [-0.1, -0.05) is 13.8 Å². The number of halogens is 2. The quantitative estimate of drug-likeness (QED) is 0.213. The van der Waals surface area contributed by atoms with Gasteiger partial charge in [0.2, 0.25) is 0 Å². The Morgan fingerprint density at radius 3 is 1.98 bits per heavy atom. The van der Waals surface area contributed by atoms with Crippen molar-refractivity contribution in [2.45, 2.75) is 116 Å². The van der Waals surface area contributed by atoms with Gasteiger partial charge in [0.25, 0.3) is 0 Å². The van der Waals surface area contributed by atoms with Crippen molar-refractivity contribution in [2.24, 2.45) is 34.5 Å². The van der Waals surface area contributed by atoms with Crippen LogP contribution in [0.1, 0.15) is 91.9 Å². The Labute approximate surface area is 278 Å². The largest absolute Gasteiger partial charge is 1.00 e. The number of carbonyl (C=O) groups is 2. The summed E-state index contributed by atoms with van der Waals surface area (Å²) in [7, 11) is 9.34. The molecule has 1 saturated heterocycles. The first-order chi connectivity index (χ1) is 17.7. The maximum absolute atomic E-state index is 12.2. The number of likely N-dealkylation sites (N-methyl/N-ethyl adjacent to an activating group) is 2. The molecule has 0 aromatic rings. The van der Waals surface area contributed by atoms with Crippen LogP contribution in [0.5, 0.6) is 0 Å². The second kappa shape index (κ2) is 12.4. The Hall–Kier alpha value is 0.320. The molecule has 40 heavy (non-hydrogen) atoms. The molecule has 5 rings (SSSR count). The summed E-state index contributed by atoms with van der Waals surface area (Å²) in [5.41, 5.74) is 0.484. The van der Waals surface area contributed by atoms with E-state index in [0.717, 1.165) is 21.8 Å². The van der Waals surface area contributed by atoms with E-state index >= 15 is 0 Å². The lowest BCUT2D eigenvalue weighted by Gasteiger charge is -2.63. The molecule has 0 spiro atoms. The highest BCUT2D eigenvalue weighted by Crippen LogP contribution is 2.67. The maximum atomic E-state index is 12.2. The standard InChI is InChI=1S/C32H56N2O4.2HI/c1-21(35)37-28-18-23-12-13-24-25(32(23,4)20-27(28)34(8)16-10-9-11-17-34)14-15-31(3)26(24)19-29(38-22(2)36)30(31)33(5,6)7;;/h23-30H,9-20H2,1-8H3;2*1H/q+2;;/p-2/t23-,24?,25?,26?,27-,28-,29-,30-,31-,32-;;/m0../s1. The Morgan fingerprint density at radius 2 is 1.40 bits per heavy atom. The molecule has 0 aromatic heterocycles. The van der Waals surface area contributed by atoms with E-state index in [9.17, 15) is 9.59 Å². The van der Waals surface area contributed by atoms with Gasteiger partial charge in [-0.2, -0.15) is 0 Å². The Kier molecular flexibility index (Phi) is 10.8. The highest BCUT2D eigenvalue weighted by Gasteiger charge is 2.67. The Balaban J connectivity index is 0.00000220. The molecule has 0 aromatic carbocycles. The van der Waals surface area contributed by atoms with Crippen LogP contribution in [-0.2, 0) is 19.1 Å². The van der Waals surface area contributed by atoms with E-state index in [2.05, 4.69) is 42.0 Å². The van der Waals surface area contributed by atoms with E-state index in [4.69, 9.17) is 9.47 Å². The van der Waals surface area contributed by atoms with E-state index in [-0.39, 0.29) is 82.9 Å². The summed E-state index contributed by atoms with van der Waals surface area (Å²) in [5, 5.41) is 0. The number of ether oxygens (including phenoxy) is 2. The summed E-state index contributed by atoms with van der Waals surface area (Å²) in [6.45, 7) is 10.8. The first kappa shape index (κ1) is 34.8. The first-order valence-electron chi connectivity index (χ1n) is 15.7. The summed E-state index contributed by atoms with van der Waals surface area (Å²) >= 11 is 0. The molecule has 0 N–H and O–H groups in total. The van der Waals surface area contributed by atoms with Crippen LogP contribution in [0.15, 0.2) is 0 Å². The van der Waals surface area contributed by atoms with Gasteiger partial charge in [0.1, 0.15) is 12.1 Å². The second-order valence-electron chi connectivity index (χ2n) is 15.8. The van der Waals surface area contributed by atoms with Gasteiger partial charge in [0.15, 0.2) is 12.2 Å². The molecule has 8 heteroatoms. The van der Waals surface area contributed by atoms with Crippen LogP contribution in [0.25, 0.3) is 0 Å². The molecule has 3 unspecified atom stereocenters. The van der Waals surface area contributed by atoms with Gasteiger partial charge in [0.05, 0.1) is 41.3 Å². The van der Waals surface area contributed by atoms with E-state index in [1.807, 2.05) is 0 Å². The van der Waals surface area contributed by atoms with Crippen LogP contribution in [0, 0.1) is 34.5 Å². The number of carbonyl (C=O) groups excluding carboxylic acids is 2. The summed E-state index contributed by atoms with van der Waals surface area (Å²) in [6, 6.07) is 0.747. The predicted molar refractivity (Wildman–Crippen MR) is 149 cm³/mol. The number of fused-ring (bicyclic) bond motifs is 5.